The van der Waals surface area contributed by atoms with E-state index in [9.17, 15) is 5.11 Å². The van der Waals surface area contributed by atoms with E-state index in [-0.39, 0.29) is 0 Å². The van der Waals surface area contributed by atoms with Crippen LogP contribution in [0.4, 0.5) is 5.69 Å². The number of hydrogen-bond donors (Lipinski definition) is 1. The third-order valence-corrected chi connectivity index (χ3v) is 4.99. The molecule has 0 bridgehead atoms. The van der Waals surface area contributed by atoms with Gasteiger partial charge in [0.25, 0.3) is 0 Å². The Morgan fingerprint density at radius 2 is 1.76 bits per heavy atom. The van der Waals surface area contributed by atoms with Gasteiger partial charge in [0, 0.05) is 44.5 Å². The van der Waals surface area contributed by atoms with Crippen molar-refractivity contribution < 1.29 is 9.84 Å². The first-order valence-electron chi connectivity index (χ1n) is 9.08. The highest BCUT2D eigenvalue weighted by atomic mass is 16.5. The Hall–Kier alpha value is -2.04. The van der Waals surface area contributed by atoms with Crippen molar-refractivity contribution in [3.05, 3.63) is 59.7 Å². The fraction of sp³-hybridized carbons (Fsp3) is 0.429. The largest absolute Gasteiger partial charge is 0.497 e. The van der Waals surface area contributed by atoms with E-state index in [0.29, 0.717) is 6.54 Å². The number of methoxy groups -OCH3 is 1. The third-order valence-electron chi connectivity index (χ3n) is 4.99. The minimum Gasteiger partial charge on any atom is -0.497 e. The highest BCUT2D eigenvalue weighted by Gasteiger charge is 2.20. The van der Waals surface area contributed by atoms with Crippen LogP contribution in [0.2, 0.25) is 0 Å². The van der Waals surface area contributed by atoms with Gasteiger partial charge in [0.1, 0.15) is 5.75 Å². The number of aliphatic hydroxyl groups is 1. The Balaban J connectivity index is 1.53. The molecule has 0 aliphatic carbocycles. The van der Waals surface area contributed by atoms with Crippen LogP contribution >= 0.6 is 0 Å². The highest BCUT2D eigenvalue weighted by Crippen LogP contribution is 2.23. The minimum absolute atomic E-state index is 0.422. The number of nitrogens with zero attached hydrogens (tertiary/aromatic N) is 2. The summed E-state index contributed by atoms with van der Waals surface area (Å²) in [5, 5.41) is 10.5. The average Bonchev–Trinajstić information content (AvgIpc) is 2.68. The Morgan fingerprint density at radius 3 is 2.40 bits per heavy atom. The number of benzene rings is 2. The summed E-state index contributed by atoms with van der Waals surface area (Å²) in [6, 6.07) is 16.5. The summed E-state index contributed by atoms with van der Waals surface area (Å²) in [4.78, 5) is 4.72. The monoisotopic (exact) mass is 340 g/mol. The third kappa shape index (κ3) is 4.53. The molecule has 1 N–H and O–H groups in total. The van der Waals surface area contributed by atoms with Gasteiger partial charge in [-0.25, -0.2) is 0 Å². The van der Waals surface area contributed by atoms with Gasteiger partial charge in [-0.05, 0) is 29.7 Å². The van der Waals surface area contributed by atoms with E-state index in [0.717, 1.165) is 43.9 Å². The molecule has 1 fully saturated rings. The molecule has 2 aromatic rings. The molecule has 0 unspecified atom stereocenters. The number of β-amino-alcohol motifs (C(OH)–C–C–N with tert-alkyl or cyclic N) is 1. The summed E-state index contributed by atoms with van der Waals surface area (Å²) < 4.78 is 5.31. The van der Waals surface area contributed by atoms with E-state index >= 15 is 0 Å². The van der Waals surface area contributed by atoms with E-state index in [1.807, 2.05) is 12.1 Å². The van der Waals surface area contributed by atoms with Crippen LogP contribution in [0.25, 0.3) is 0 Å². The molecule has 4 nitrogen and oxygen atoms in total. The molecule has 0 amide bonds. The van der Waals surface area contributed by atoms with Crippen LogP contribution in [0.15, 0.2) is 48.5 Å². The maximum atomic E-state index is 10.5. The zero-order valence-corrected chi connectivity index (χ0v) is 15.2. The molecule has 25 heavy (non-hydrogen) atoms. The van der Waals surface area contributed by atoms with Crippen LogP contribution in [-0.2, 0) is 6.42 Å². The van der Waals surface area contributed by atoms with Gasteiger partial charge in [-0.3, -0.25) is 4.90 Å². The molecule has 2 aromatic carbocycles. The second-order valence-corrected chi connectivity index (χ2v) is 6.60. The zero-order chi connectivity index (χ0) is 17.6. The molecule has 0 saturated carbocycles. The van der Waals surface area contributed by atoms with Gasteiger partial charge in [-0.15, -0.1) is 0 Å². The van der Waals surface area contributed by atoms with Gasteiger partial charge in [0.15, 0.2) is 0 Å². The minimum atomic E-state index is -0.422. The Labute approximate surface area is 150 Å². The van der Waals surface area contributed by atoms with Gasteiger partial charge in [-0.2, -0.15) is 0 Å². The van der Waals surface area contributed by atoms with E-state index in [1.54, 1.807) is 7.11 Å². The summed E-state index contributed by atoms with van der Waals surface area (Å²) in [5.74, 6) is 0.894. The number of rotatable bonds is 6. The van der Waals surface area contributed by atoms with Crippen LogP contribution in [0.5, 0.6) is 5.75 Å². The fourth-order valence-corrected chi connectivity index (χ4v) is 3.32. The van der Waals surface area contributed by atoms with E-state index < -0.39 is 6.10 Å². The molecule has 1 aliphatic heterocycles. The van der Waals surface area contributed by atoms with Gasteiger partial charge in [0.2, 0.25) is 0 Å². The molecule has 1 atom stereocenters. The molecule has 1 heterocycles. The van der Waals surface area contributed by atoms with Crippen LogP contribution in [0, 0.1) is 0 Å². The first kappa shape index (κ1) is 17.8. The molecule has 1 saturated heterocycles. The SMILES string of the molecule is CCc1ccc([C@@H](O)CN2CCN(c3cccc(OC)c3)CC2)cc1. The molecule has 4 heteroatoms. The summed E-state index contributed by atoms with van der Waals surface area (Å²) >= 11 is 0. The second kappa shape index (κ2) is 8.37. The summed E-state index contributed by atoms with van der Waals surface area (Å²) in [6.45, 7) is 6.69. The molecule has 3 rings (SSSR count). The van der Waals surface area contributed by atoms with Crippen LogP contribution in [0.3, 0.4) is 0 Å². The van der Waals surface area contributed by atoms with E-state index in [2.05, 4.69) is 53.1 Å². The van der Waals surface area contributed by atoms with Crippen molar-refractivity contribution in [1.29, 1.82) is 0 Å². The second-order valence-electron chi connectivity index (χ2n) is 6.60. The fourth-order valence-electron chi connectivity index (χ4n) is 3.32. The average molecular weight is 340 g/mol. The lowest BCUT2D eigenvalue weighted by Crippen LogP contribution is -2.47. The Bertz CT molecular complexity index is 664. The molecular formula is C21H28N2O2. The summed E-state index contributed by atoms with van der Waals surface area (Å²) in [5.41, 5.74) is 3.52. The van der Waals surface area contributed by atoms with Gasteiger partial charge in [-0.1, -0.05) is 37.3 Å². The summed E-state index contributed by atoms with van der Waals surface area (Å²) in [7, 11) is 1.70. The maximum Gasteiger partial charge on any atom is 0.120 e. The number of ether oxygens (including phenoxy) is 1. The van der Waals surface area contributed by atoms with Gasteiger partial charge < -0.3 is 14.7 Å². The first-order valence-corrected chi connectivity index (χ1v) is 9.08. The lowest BCUT2D eigenvalue weighted by molar-refractivity contribution is 0.109. The maximum absolute atomic E-state index is 10.5. The zero-order valence-electron chi connectivity index (χ0n) is 15.2. The number of hydrogen-bond acceptors (Lipinski definition) is 4. The smallest absolute Gasteiger partial charge is 0.120 e. The van der Waals surface area contributed by atoms with Crippen molar-refractivity contribution in [2.45, 2.75) is 19.4 Å². The molecule has 1 aliphatic rings. The van der Waals surface area contributed by atoms with Crippen molar-refractivity contribution in [3.63, 3.8) is 0 Å². The number of piperazine rings is 1. The topological polar surface area (TPSA) is 35.9 Å². The predicted octanol–water partition coefficient (Wildman–Crippen LogP) is 3.11. The van der Waals surface area contributed by atoms with Gasteiger partial charge >= 0.3 is 0 Å². The molecule has 0 radical (unpaired) electrons. The predicted molar refractivity (Wildman–Crippen MR) is 102 cm³/mol. The number of aliphatic hydroxyl groups excluding tert-OH is 1. The number of anilines is 1. The molecule has 0 spiro atoms. The lowest BCUT2D eigenvalue weighted by Gasteiger charge is -2.37. The molecule has 0 aromatic heterocycles. The summed E-state index contributed by atoms with van der Waals surface area (Å²) in [6.07, 6.45) is 0.608. The van der Waals surface area contributed by atoms with Crippen LogP contribution < -0.4 is 9.64 Å². The van der Waals surface area contributed by atoms with Crippen molar-refractivity contribution >= 4 is 5.69 Å². The van der Waals surface area contributed by atoms with Gasteiger partial charge in [0.05, 0.1) is 13.2 Å². The molecule has 134 valence electrons. The standard InChI is InChI=1S/C21H28N2O2/c1-3-17-7-9-18(10-8-17)21(24)16-22-11-13-23(14-12-22)19-5-4-6-20(15-19)25-2/h4-10,15,21,24H,3,11-14,16H2,1-2H3/t21-/m0/s1. The van der Waals surface area contributed by atoms with Crippen LogP contribution in [-0.4, -0.2) is 49.8 Å². The van der Waals surface area contributed by atoms with Crippen molar-refractivity contribution in [2.24, 2.45) is 0 Å². The normalized spacial score (nSPS) is 16.7. The Kier molecular flexibility index (Phi) is 5.95. The van der Waals surface area contributed by atoms with Crippen molar-refractivity contribution in [2.75, 3.05) is 44.7 Å². The highest BCUT2D eigenvalue weighted by molar-refractivity contribution is 5.51. The van der Waals surface area contributed by atoms with Crippen LogP contribution in [0.1, 0.15) is 24.2 Å². The Morgan fingerprint density at radius 1 is 1.04 bits per heavy atom. The van der Waals surface area contributed by atoms with E-state index in [1.165, 1.54) is 11.3 Å². The van der Waals surface area contributed by atoms with Crippen molar-refractivity contribution in [1.82, 2.24) is 4.90 Å². The lowest BCUT2D eigenvalue weighted by atomic mass is 10.1. The number of aryl methyl sites for hydroxylation is 1. The first-order chi connectivity index (χ1) is 12.2. The molecular weight excluding hydrogens is 312 g/mol. The van der Waals surface area contributed by atoms with Crippen molar-refractivity contribution in [3.8, 4) is 5.75 Å². The van der Waals surface area contributed by atoms with E-state index in [4.69, 9.17) is 4.74 Å². The quantitative estimate of drug-likeness (QED) is 0.876.